The zero-order valence-corrected chi connectivity index (χ0v) is 18.6. The van der Waals surface area contributed by atoms with Gasteiger partial charge in [-0.2, -0.15) is 5.26 Å². The van der Waals surface area contributed by atoms with Crippen LogP contribution < -0.4 is 9.46 Å². The Labute approximate surface area is 173 Å². The molecule has 9 nitrogen and oxygen atoms in total. The lowest BCUT2D eigenvalue weighted by Crippen LogP contribution is -2.58. The smallest absolute Gasteiger partial charge is 0.270 e. The number of nitro benzene ring substituents is 1. The molecule has 0 saturated heterocycles. The van der Waals surface area contributed by atoms with Crippen LogP contribution in [0.2, 0.25) is 0 Å². The van der Waals surface area contributed by atoms with Gasteiger partial charge in [0.25, 0.3) is 5.69 Å². The minimum absolute atomic E-state index is 0.115. The summed E-state index contributed by atoms with van der Waals surface area (Å²) in [6.45, 7) is 7.90. The van der Waals surface area contributed by atoms with Crippen LogP contribution in [0.5, 0.6) is 5.75 Å². The largest absolute Gasteiger partial charge is 0.598 e. The average molecular weight is 444 g/mol. The van der Waals surface area contributed by atoms with Crippen molar-refractivity contribution < 1.29 is 22.6 Å². The zero-order chi connectivity index (χ0) is 22.3. The molecule has 0 aliphatic carbocycles. The minimum atomic E-state index is -4.02. The van der Waals surface area contributed by atoms with Crippen LogP contribution in [0.3, 0.4) is 0 Å². The monoisotopic (exact) mass is 443 g/mol. The molecule has 0 saturated carbocycles. The Morgan fingerprint density at radius 2 is 1.97 bits per heavy atom. The number of ether oxygens (including phenoxy) is 1. The number of nitrogens with one attached hydrogen (secondary N) is 1. The third kappa shape index (κ3) is 4.66. The lowest BCUT2D eigenvalue weighted by atomic mass is 9.87. The van der Waals surface area contributed by atoms with Crippen LogP contribution in [0.25, 0.3) is 0 Å². The summed E-state index contributed by atoms with van der Waals surface area (Å²) in [6, 6.07) is 5.72. The van der Waals surface area contributed by atoms with Gasteiger partial charge in [0.1, 0.15) is 16.0 Å². The van der Waals surface area contributed by atoms with Gasteiger partial charge in [0.15, 0.2) is 14.6 Å². The molecular weight excluding hydrogens is 418 g/mol. The summed E-state index contributed by atoms with van der Waals surface area (Å²) in [6.07, 6.45) is 0.115. The fraction of sp³-hybridized carbons (Fsp3) is 0.611. The highest BCUT2D eigenvalue weighted by Crippen LogP contribution is 2.42. The molecule has 1 aliphatic heterocycles. The fourth-order valence-electron chi connectivity index (χ4n) is 2.79. The van der Waals surface area contributed by atoms with Gasteiger partial charge in [-0.1, -0.05) is 0 Å². The summed E-state index contributed by atoms with van der Waals surface area (Å²) in [5.74, 6) is -0.273. The van der Waals surface area contributed by atoms with Gasteiger partial charge in [-0.15, -0.1) is 4.72 Å². The molecule has 0 unspecified atom stereocenters. The first-order chi connectivity index (χ1) is 13.2. The summed E-state index contributed by atoms with van der Waals surface area (Å²) in [4.78, 5) is 10.7. The van der Waals surface area contributed by atoms with Crippen LogP contribution in [0.15, 0.2) is 18.2 Å². The van der Waals surface area contributed by atoms with Gasteiger partial charge in [0.05, 0.1) is 23.4 Å². The standard InChI is InChI=1S/C18H25N3O6S2/c1-16(2,3)28(24)20-18(12-29(25,26)17(4,5)11-19)8-9-27-15-7-6-13(21(22)23)10-14(15)18/h6-7,10,20H,8-9,12H2,1-5H3/t18-,28+/m0/s1. The molecule has 0 fully saturated rings. The second-order valence-corrected chi connectivity index (χ2v) is 13.0. The molecular formula is C18H25N3O6S2. The third-order valence-corrected chi connectivity index (χ3v) is 9.01. The highest BCUT2D eigenvalue weighted by atomic mass is 32.2. The van der Waals surface area contributed by atoms with Gasteiger partial charge >= 0.3 is 0 Å². The molecule has 160 valence electrons. The summed E-state index contributed by atoms with van der Waals surface area (Å²) < 4.78 is 45.2. The van der Waals surface area contributed by atoms with Crippen molar-refractivity contribution in [3.63, 3.8) is 0 Å². The molecule has 0 spiro atoms. The number of nitrogens with zero attached hydrogens (tertiary/aromatic N) is 2. The van der Waals surface area contributed by atoms with Crippen LogP contribution in [0, 0.1) is 21.4 Å². The first-order valence-electron chi connectivity index (χ1n) is 8.90. The Hall–Kier alpha value is -1.87. The van der Waals surface area contributed by atoms with Crippen molar-refractivity contribution in [2.75, 3.05) is 12.4 Å². The number of nitro groups is 1. The molecule has 1 aliphatic rings. The van der Waals surface area contributed by atoms with E-state index in [1.54, 1.807) is 26.8 Å². The van der Waals surface area contributed by atoms with E-state index in [0.717, 1.165) is 0 Å². The number of hydrogen-bond acceptors (Lipinski definition) is 8. The number of non-ortho nitro benzene ring substituents is 1. The molecule has 1 aromatic rings. The van der Waals surface area contributed by atoms with Gasteiger partial charge in [0, 0.05) is 35.5 Å². The fourth-order valence-corrected chi connectivity index (χ4v) is 5.35. The average Bonchev–Trinajstić information content (AvgIpc) is 2.60. The molecule has 0 aromatic heterocycles. The van der Waals surface area contributed by atoms with Crippen molar-refractivity contribution in [3.05, 3.63) is 33.9 Å². The van der Waals surface area contributed by atoms with Crippen LogP contribution >= 0.6 is 0 Å². The Kier molecular flexibility index (Phi) is 6.26. The molecule has 1 heterocycles. The van der Waals surface area contributed by atoms with Crippen molar-refractivity contribution in [1.82, 2.24) is 4.72 Å². The molecule has 0 bridgehead atoms. The molecule has 0 amide bonds. The summed E-state index contributed by atoms with van der Waals surface area (Å²) in [7, 11) is -4.02. The van der Waals surface area contributed by atoms with Crippen molar-refractivity contribution in [1.29, 1.82) is 5.26 Å². The quantitative estimate of drug-likeness (QED) is 0.400. The van der Waals surface area contributed by atoms with Gasteiger partial charge in [-0.25, -0.2) is 8.42 Å². The number of fused-ring (bicyclic) bond motifs is 1. The van der Waals surface area contributed by atoms with Crippen molar-refractivity contribution in [2.45, 2.75) is 56.1 Å². The maximum atomic E-state index is 13.1. The maximum Gasteiger partial charge on any atom is 0.270 e. The lowest BCUT2D eigenvalue weighted by molar-refractivity contribution is -0.385. The molecule has 1 aromatic carbocycles. The summed E-state index contributed by atoms with van der Waals surface area (Å²) >= 11 is -1.68. The maximum absolute atomic E-state index is 13.1. The first-order valence-corrected chi connectivity index (χ1v) is 11.7. The Bertz CT molecular complexity index is 949. The molecule has 29 heavy (non-hydrogen) atoms. The van der Waals surface area contributed by atoms with E-state index >= 15 is 0 Å². The van der Waals surface area contributed by atoms with E-state index < -0.39 is 46.9 Å². The van der Waals surface area contributed by atoms with E-state index in [4.69, 9.17) is 4.74 Å². The van der Waals surface area contributed by atoms with Gasteiger partial charge in [0.2, 0.25) is 0 Å². The Balaban J connectivity index is 2.70. The number of rotatable bonds is 6. The van der Waals surface area contributed by atoms with E-state index in [1.165, 1.54) is 32.0 Å². The second kappa shape index (κ2) is 7.75. The van der Waals surface area contributed by atoms with E-state index in [-0.39, 0.29) is 30.0 Å². The van der Waals surface area contributed by atoms with Crippen LogP contribution in [-0.4, -0.2) is 39.7 Å². The molecule has 0 radical (unpaired) electrons. The van der Waals surface area contributed by atoms with Crippen molar-refractivity contribution in [3.8, 4) is 11.8 Å². The van der Waals surface area contributed by atoms with E-state index in [0.29, 0.717) is 0 Å². The molecule has 11 heteroatoms. The lowest BCUT2D eigenvalue weighted by Gasteiger charge is -2.41. The van der Waals surface area contributed by atoms with Crippen LogP contribution in [0.4, 0.5) is 5.69 Å². The first kappa shape index (κ1) is 23.4. The van der Waals surface area contributed by atoms with Gasteiger partial charge in [-0.3, -0.25) is 10.1 Å². The van der Waals surface area contributed by atoms with E-state index in [9.17, 15) is 28.3 Å². The SMILES string of the molecule is CC(C)(C)[S@@+]([O-])N[C@]1(CS(=O)(=O)C(C)(C)C#N)CCOc2ccc([N+](=O)[O-])cc21. The number of benzene rings is 1. The van der Waals surface area contributed by atoms with Crippen LogP contribution in [-0.2, 0) is 26.7 Å². The highest BCUT2D eigenvalue weighted by molar-refractivity contribution is 7.93. The number of nitriles is 1. The Morgan fingerprint density at radius 1 is 1.34 bits per heavy atom. The molecule has 2 atom stereocenters. The highest BCUT2D eigenvalue weighted by Gasteiger charge is 2.50. The Morgan fingerprint density at radius 3 is 2.48 bits per heavy atom. The van der Waals surface area contributed by atoms with Gasteiger partial charge < -0.3 is 9.29 Å². The third-order valence-electron chi connectivity index (χ3n) is 4.80. The summed E-state index contributed by atoms with van der Waals surface area (Å²) in [5, 5.41) is 20.6. The van der Waals surface area contributed by atoms with Crippen molar-refractivity contribution in [2.24, 2.45) is 0 Å². The van der Waals surface area contributed by atoms with E-state index in [2.05, 4.69) is 4.72 Å². The van der Waals surface area contributed by atoms with Gasteiger partial charge in [-0.05, 0) is 40.7 Å². The second-order valence-electron chi connectivity index (χ2n) is 8.48. The normalized spacial score (nSPS) is 20.9. The zero-order valence-electron chi connectivity index (χ0n) is 17.0. The minimum Gasteiger partial charge on any atom is -0.598 e. The number of hydrogen-bond donors (Lipinski definition) is 1. The molecule has 1 N–H and O–H groups in total. The predicted octanol–water partition coefficient (Wildman–Crippen LogP) is 2.34. The number of sulfone groups is 1. The predicted molar refractivity (Wildman–Crippen MR) is 109 cm³/mol. The van der Waals surface area contributed by atoms with Crippen molar-refractivity contribution >= 4 is 26.9 Å². The summed E-state index contributed by atoms with van der Waals surface area (Å²) in [5.41, 5.74) is -1.41. The van der Waals surface area contributed by atoms with Crippen LogP contribution in [0.1, 0.15) is 46.6 Å². The molecule has 2 rings (SSSR count). The van der Waals surface area contributed by atoms with E-state index in [1.807, 2.05) is 0 Å². The topological polar surface area (TPSA) is 145 Å².